The number of amides is 1. The SMILES string of the molecule is C/C=C1\CC(=O)N(Cc2ccccc2)C1(C(=O)OCC)C(=O)OCC. The molecule has 1 amide bonds. The van der Waals surface area contributed by atoms with Crippen molar-refractivity contribution in [1.82, 2.24) is 4.90 Å². The van der Waals surface area contributed by atoms with E-state index in [9.17, 15) is 14.4 Å². The molecule has 2 rings (SSSR count). The van der Waals surface area contributed by atoms with Gasteiger partial charge < -0.3 is 14.4 Å². The minimum absolute atomic E-state index is 0.0129. The first-order valence-corrected chi connectivity index (χ1v) is 8.36. The molecular formula is C19H23NO5. The zero-order valence-electron chi connectivity index (χ0n) is 14.8. The Balaban J connectivity index is 2.56. The quantitative estimate of drug-likeness (QED) is 0.449. The summed E-state index contributed by atoms with van der Waals surface area (Å²) >= 11 is 0. The normalized spacial score (nSPS) is 17.6. The Hall–Kier alpha value is -2.63. The van der Waals surface area contributed by atoms with E-state index in [0.717, 1.165) is 5.56 Å². The Morgan fingerprint density at radius 2 is 1.68 bits per heavy atom. The van der Waals surface area contributed by atoms with Gasteiger partial charge in [-0.05, 0) is 31.9 Å². The number of carbonyl (C=O) groups excluding carboxylic acids is 3. The van der Waals surface area contributed by atoms with E-state index in [1.807, 2.05) is 30.3 Å². The number of carbonyl (C=O) groups is 3. The molecule has 1 aliphatic rings. The number of nitrogens with zero attached hydrogens (tertiary/aromatic N) is 1. The van der Waals surface area contributed by atoms with Crippen molar-refractivity contribution < 1.29 is 23.9 Å². The van der Waals surface area contributed by atoms with Crippen molar-refractivity contribution in [3.63, 3.8) is 0 Å². The number of esters is 2. The van der Waals surface area contributed by atoms with Crippen LogP contribution in [-0.2, 0) is 30.4 Å². The number of hydrogen-bond donors (Lipinski definition) is 0. The maximum absolute atomic E-state index is 12.8. The minimum Gasteiger partial charge on any atom is -0.464 e. The predicted octanol–water partition coefficient (Wildman–Crippen LogP) is 2.23. The first-order valence-electron chi connectivity index (χ1n) is 8.36. The molecule has 6 nitrogen and oxygen atoms in total. The molecule has 1 aliphatic heterocycles. The van der Waals surface area contributed by atoms with Crippen molar-refractivity contribution in [3.05, 3.63) is 47.5 Å². The molecule has 1 fully saturated rings. The second-order valence-corrected chi connectivity index (χ2v) is 5.61. The minimum atomic E-state index is -1.85. The lowest BCUT2D eigenvalue weighted by Gasteiger charge is -2.34. The summed E-state index contributed by atoms with van der Waals surface area (Å²) in [5.74, 6) is -1.86. The van der Waals surface area contributed by atoms with Gasteiger partial charge in [0.05, 0.1) is 19.6 Å². The van der Waals surface area contributed by atoms with Gasteiger partial charge in [0.2, 0.25) is 5.91 Å². The molecule has 0 unspecified atom stereocenters. The van der Waals surface area contributed by atoms with Crippen LogP contribution in [0.15, 0.2) is 42.0 Å². The van der Waals surface area contributed by atoms with E-state index in [-0.39, 0.29) is 32.1 Å². The molecule has 0 atom stereocenters. The molecule has 1 saturated heterocycles. The van der Waals surface area contributed by atoms with Gasteiger partial charge in [0.25, 0.3) is 5.54 Å². The molecule has 134 valence electrons. The van der Waals surface area contributed by atoms with Crippen molar-refractivity contribution in [1.29, 1.82) is 0 Å². The van der Waals surface area contributed by atoms with Gasteiger partial charge in [0, 0.05) is 6.54 Å². The molecule has 0 spiro atoms. The van der Waals surface area contributed by atoms with E-state index in [1.165, 1.54) is 4.90 Å². The van der Waals surface area contributed by atoms with Gasteiger partial charge in [-0.1, -0.05) is 36.4 Å². The monoisotopic (exact) mass is 345 g/mol. The van der Waals surface area contributed by atoms with Crippen LogP contribution >= 0.6 is 0 Å². The smallest absolute Gasteiger partial charge is 0.348 e. The lowest BCUT2D eigenvalue weighted by Crippen LogP contribution is -2.59. The third kappa shape index (κ3) is 3.29. The van der Waals surface area contributed by atoms with Crippen LogP contribution in [0.25, 0.3) is 0 Å². The average molecular weight is 345 g/mol. The van der Waals surface area contributed by atoms with Gasteiger partial charge in [0.15, 0.2) is 0 Å². The summed E-state index contributed by atoms with van der Waals surface area (Å²) in [6.07, 6.45) is 1.61. The summed E-state index contributed by atoms with van der Waals surface area (Å²) < 4.78 is 10.3. The number of likely N-dealkylation sites (tertiary alicyclic amines) is 1. The van der Waals surface area contributed by atoms with E-state index < -0.39 is 17.5 Å². The molecule has 0 aliphatic carbocycles. The van der Waals surface area contributed by atoms with Crippen molar-refractivity contribution in [2.45, 2.75) is 39.3 Å². The van der Waals surface area contributed by atoms with Crippen LogP contribution in [0.2, 0.25) is 0 Å². The number of rotatable bonds is 6. The number of ether oxygens (including phenoxy) is 2. The molecule has 0 bridgehead atoms. The molecule has 1 heterocycles. The van der Waals surface area contributed by atoms with Crippen molar-refractivity contribution >= 4 is 17.8 Å². The summed E-state index contributed by atoms with van der Waals surface area (Å²) in [4.78, 5) is 39.6. The molecule has 1 aromatic carbocycles. The first kappa shape index (κ1) is 18.7. The Morgan fingerprint density at radius 3 is 2.16 bits per heavy atom. The van der Waals surface area contributed by atoms with E-state index in [0.29, 0.717) is 5.57 Å². The Kier molecular flexibility index (Phi) is 5.96. The van der Waals surface area contributed by atoms with Crippen LogP contribution < -0.4 is 0 Å². The third-order valence-electron chi connectivity index (χ3n) is 4.19. The van der Waals surface area contributed by atoms with E-state index in [2.05, 4.69) is 0 Å². The largest absolute Gasteiger partial charge is 0.464 e. The van der Waals surface area contributed by atoms with E-state index in [1.54, 1.807) is 26.8 Å². The van der Waals surface area contributed by atoms with E-state index in [4.69, 9.17) is 9.47 Å². The predicted molar refractivity (Wildman–Crippen MR) is 91.4 cm³/mol. The fourth-order valence-corrected chi connectivity index (χ4v) is 3.07. The zero-order chi connectivity index (χ0) is 18.4. The highest BCUT2D eigenvalue weighted by Crippen LogP contribution is 2.39. The van der Waals surface area contributed by atoms with Crippen LogP contribution in [0.1, 0.15) is 32.8 Å². The van der Waals surface area contributed by atoms with Gasteiger partial charge in [-0.3, -0.25) is 4.79 Å². The average Bonchev–Trinajstić information content (AvgIpc) is 2.89. The lowest BCUT2D eigenvalue weighted by molar-refractivity contribution is -0.173. The molecule has 6 heteroatoms. The van der Waals surface area contributed by atoms with Gasteiger partial charge in [-0.25, -0.2) is 9.59 Å². The summed E-state index contributed by atoms with van der Waals surface area (Å²) in [5.41, 5.74) is -0.648. The highest BCUT2D eigenvalue weighted by molar-refractivity contribution is 6.14. The second-order valence-electron chi connectivity index (χ2n) is 5.61. The van der Waals surface area contributed by atoms with Gasteiger partial charge in [-0.15, -0.1) is 0 Å². The molecule has 0 N–H and O–H groups in total. The first-order chi connectivity index (χ1) is 12.0. The fraction of sp³-hybridized carbons (Fsp3) is 0.421. The summed E-state index contributed by atoms with van der Waals surface area (Å²) in [5, 5.41) is 0. The zero-order valence-corrected chi connectivity index (χ0v) is 14.8. The van der Waals surface area contributed by atoms with Crippen LogP contribution in [0.5, 0.6) is 0 Å². The molecule has 25 heavy (non-hydrogen) atoms. The fourth-order valence-electron chi connectivity index (χ4n) is 3.07. The Bertz CT molecular complexity index is 662. The third-order valence-corrected chi connectivity index (χ3v) is 4.19. The van der Waals surface area contributed by atoms with E-state index >= 15 is 0 Å². The van der Waals surface area contributed by atoms with Crippen LogP contribution in [-0.4, -0.2) is 41.5 Å². The summed E-state index contributed by atoms with van der Waals surface area (Å²) in [7, 11) is 0. The Morgan fingerprint density at radius 1 is 1.12 bits per heavy atom. The highest BCUT2D eigenvalue weighted by atomic mass is 16.6. The Labute approximate surface area is 147 Å². The number of allylic oxidation sites excluding steroid dienone is 1. The number of benzene rings is 1. The number of hydrogen-bond acceptors (Lipinski definition) is 5. The summed E-state index contributed by atoms with van der Waals surface area (Å²) in [6, 6.07) is 9.20. The standard InChI is InChI=1S/C19H23NO5/c1-4-15-12-16(21)20(13-14-10-8-7-9-11-14)19(15,17(22)24-5-2)18(23)25-6-3/h4,7-11H,5-6,12-13H2,1-3H3/b15-4+. The highest BCUT2D eigenvalue weighted by Gasteiger charge is 2.62. The van der Waals surface area contributed by atoms with Crippen LogP contribution in [0, 0.1) is 0 Å². The molecule has 1 aromatic rings. The van der Waals surface area contributed by atoms with Crippen molar-refractivity contribution in [2.24, 2.45) is 0 Å². The molecular weight excluding hydrogens is 322 g/mol. The van der Waals surface area contributed by atoms with Crippen molar-refractivity contribution in [2.75, 3.05) is 13.2 Å². The van der Waals surface area contributed by atoms with Crippen LogP contribution in [0.3, 0.4) is 0 Å². The van der Waals surface area contributed by atoms with Crippen molar-refractivity contribution in [3.8, 4) is 0 Å². The second kappa shape index (κ2) is 7.96. The van der Waals surface area contributed by atoms with Crippen LogP contribution in [0.4, 0.5) is 0 Å². The molecule has 0 saturated carbocycles. The van der Waals surface area contributed by atoms with Gasteiger partial charge in [0.1, 0.15) is 0 Å². The maximum Gasteiger partial charge on any atom is 0.348 e. The maximum atomic E-state index is 12.8. The van der Waals surface area contributed by atoms with Gasteiger partial charge >= 0.3 is 11.9 Å². The summed E-state index contributed by atoms with van der Waals surface area (Å²) in [6.45, 7) is 5.33. The molecule has 0 radical (unpaired) electrons. The van der Waals surface area contributed by atoms with Gasteiger partial charge in [-0.2, -0.15) is 0 Å². The molecule has 0 aromatic heterocycles. The lowest BCUT2D eigenvalue weighted by atomic mass is 9.89. The topological polar surface area (TPSA) is 72.9 Å².